The molecule has 0 aliphatic rings. The summed E-state index contributed by atoms with van der Waals surface area (Å²) in [5.74, 6) is -0.259. The van der Waals surface area contributed by atoms with Gasteiger partial charge in [-0.1, -0.05) is 12.1 Å². The van der Waals surface area contributed by atoms with E-state index in [0.717, 1.165) is 21.5 Å². The number of hydrogen-bond donors (Lipinski definition) is 1. The molecule has 1 N–H and O–H groups in total. The fourth-order valence-electron chi connectivity index (χ4n) is 1.50. The highest BCUT2D eigenvalue weighted by Crippen LogP contribution is 2.18. The normalized spacial score (nSPS) is 10.8. The summed E-state index contributed by atoms with van der Waals surface area (Å²) in [5, 5.41) is 9.59. The van der Waals surface area contributed by atoms with Gasteiger partial charge in [0.05, 0.1) is 9.88 Å². The molecule has 98 valence electrons. The number of aromatic nitrogens is 1. The molecule has 0 saturated heterocycles. The monoisotopic (exact) mass is 275 g/mol. The molecular weight excluding hydrogens is 262 g/mol. The van der Waals surface area contributed by atoms with Gasteiger partial charge in [-0.05, 0) is 30.7 Å². The molecule has 19 heavy (non-hydrogen) atoms. The highest BCUT2D eigenvalue weighted by Gasteiger charge is 2.00. The number of rotatable bonds is 5. The van der Waals surface area contributed by atoms with Crippen molar-refractivity contribution in [2.75, 3.05) is 0 Å². The van der Waals surface area contributed by atoms with Crippen LogP contribution in [0.3, 0.4) is 0 Å². The molecule has 0 amide bonds. The summed E-state index contributed by atoms with van der Waals surface area (Å²) in [6.45, 7) is 2.42. The fraction of sp³-hybridized carbons (Fsp3) is 0.143. The topological polar surface area (TPSA) is 59.4 Å². The van der Waals surface area contributed by atoms with Crippen LogP contribution in [0.25, 0.3) is 6.08 Å². The minimum absolute atomic E-state index is 0.470. The van der Waals surface area contributed by atoms with Gasteiger partial charge in [-0.25, -0.2) is 9.78 Å². The lowest BCUT2D eigenvalue weighted by atomic mass is 10.2. The van der Waals surface area contributed by atoms with Gasteiger partial charge in [0.25, 0.3) is 0 Å². The van der Waals surface area contributed by atoms with Crippen molar-refractivity contribution in [3.63, 3.8) is 0 Å². The summed E-state index contributed by atoms with van der Waals surface area (Å²) in [6, 6.07) is 7.29. The van der Waals surface area contributed by atoms with Crippen molar-refractivity contribution < 1.29 is 14.6 Å². The number of aryl methyl sites for hydroxylation is 1. The van der Waals surface area contributed by atoms with Crippen LogP contribution in [-0.2, 0) is 11.4 Å². The Hall–Kier alpha value is -2.14. The highest BCUT2D eigenvalue weighted by molar-refractivity contribution is 7.11. The van der Waals surface area contributed by atoms with Crippen LogP contribution in [0.2, 0.25) is 0 Å². The largest absolute Gasteiger partial charge is 0.488 e. The number of aliphatic carboxylic acids is 1. The average molecular weight is 275 g/mol. The first-order valence-corrected chi connectivity index (χ1v) is 6.50. The summed E-state index contributed by atoms with van der Waals surface area (Å²) < 4.78 is 5.64. The lowest BCUT2D eigenvalue weighted by Crippen LogP contribution is -1.93. The van der Waals surface area contributed by atoms with Crippen LogP contribution in [0.5, 0.6) is 5.75 Å². The van der Waals surface area contributed by atoms with Gasteiger partial charge >= 0.3 is 5.97 Å². The second-order valence-corrected chi connectivity index (χ2v) is 5.20. The van der Waals surface area contributed by atoms with Gasteiger partial charge in [-0.15, -0.1) is 11.3 Å². The summed E-state index contributed by atoms with van der Waals surface area (Å²) in [6.07, 6.45) is 4.44. The van der Waals surface area contributed by atoms with E-state index in [4.69, 9.17) is 9.84 Å². The Labute approximate surface area is 115 Å². The van der Waals surface area contributed by atoms with Gasteiger partial charge in [0.2, 0.25) is 0 Å². The zero-order valence-corrected chi connectivity index (χ0v) is 11.2. The van der Waals surface area contributed by atoms with Crippen LogP contribution < -0.4 is 4.74 Å². The van der Waals surface area contributed by atoms with E-state index in [0.29, 0.717) is 12.4 Å². The number of carboxylic acid groups (broad SMARTS) is 1. The molecule has 0 atom stereocenters. The average Bonchev–Trinajstić information content (AvgIpc) is 2.80. The number of thiazole rings is 1. The second-order valence-electron chi connectivity index (χ2n) is 3.88. The van der Waals surface area contributed by atoms with Gasteiger partial charge in [0, 0.05) is 12.3 Å². The molecule has 0 fully saturated rings. The van der Waals surface area contributed by atoms with E-state index in [-0.39, 0.29) is 0 Å². The van der Waals surface area contributed by atoms with E-state index in [1.165, 1.54) is 6.08 Å². The molecule has 2 rings (SSSR count). The van der Waals surface area contributed by atoms with Crippen LogP contribution in [0.4, 0.5) is 0 Å². The first kappa shape index (κ1) is 13.3. The Morgan fingerprint density at radius 1 is 1.53 bits per heavy atom. The minimum atomic E-state index is -0.966. The lowest BCUT2D eigenvalue weighted by Gasteiger charge is -2.04. The predicted octanol–water partition coefficient (Wildman–Crippen LogP) is 3.13. The Bertz CT molecular complexity index is 604. The van der Waals surface area contributed by atoms with Crippen molar-refractivity contribution in [1.82, 2.24) is 4.98 Å². The standard InChI is InChI=1S/C14H13NO3S/c1-10-15-8-13(19-10)9-18-12-4-2-3-11(7-12)5-6-14(16)17/h2-8H,9H2,1H3,(H,16,17)/b6-5+. The van der Waals surface area contributed by atoms with Crippen LogP contribution in [0.15, 0.2) is 36.5 Å². The number of carbonyl (C=O) groups is 1. The van der Waals surface area contributed by atoms with Crippen LogP contribution in [-0.4, -0.2) is 16.1 Å². The van der Waals surface area contributed by atoms with E-state index in [1.54, 1.807) is 23.6 Å². The molecule has 1 aromatic heterocycles. The van der Waals surface area contributed by atoms with Crippen molar-refractivity contribution in [2.24, 2.45) is 0 Å². The molecule has 4 nitrogen and oxygen atoms in total. The zero-order chi connectivity index (χ0) is 13.7. The van der Waals surface area contributed by atoms with Crippen molar-refractivity contribution >= 4 is 23.4 Å². The molecule has 0 spiro atoms. The Balaban J connectivity index is 2.00. The maximum absolute atomic E-state index is 10.4. The van der Waals surface area contributed by atoms with Crippen LogP contribution in [0, 0.1) is 6.92 Å². The lowest BCUT2D eigenvalue weighted by molar-refractivity contribution is -0.131. The van der Waals surface area contributed by atoms with Crippen molar-refractivity contribution in [2.45, 2.75) is 13.5 Å². The highest BCUT2D eigenvalue weighted by atomic mass is 32.1. The molecular formula is C14H13NO3S. The molecule has 0 radical (unpaired) electrons. The van der Waals surface area contributed by atoms with Crippen molar-refractivity contribution in [3.8, 4) is 5.75 Å². The second kappa shape index (κ2) is 6.15. The predicted molar refractivity (Wildman–Crippen MR) is 74.3 cm³/mol. The summed E-state index contributed by atoms with van der Waals surface area (Å²) in [4.78, 5) is 15.7. The third-order valence-electron chi connectivity index (χ3n) is 2.33. The third kappa shape index (κ3) is 4.22. The van der Waals surface area contributed by atoms with E-state index < -0.39 is 5.97 Å². The Morgan fingerprint density at radius 3 is 3.05 bits per heavy atom. The summed E-state index contributed by atoms with van der Waals surface area (Å²) in [7, 11) is 0. The molecule has 0 unspecified atom stereocenters. The smallest absolute Gasteiger partial charge is 0.328 e. The van der Waals surface area contributed by atoms with E-state index in [1.807, 2.05) is 25.1 Å². The summed E-state index contributed by atoms with van der Waals surface area (Å²) >= 11 is 1.60. The van der Waals surface area contributed by atoms with Crippen LogP contribution in [0.1, 0.15) is 15.4 Å². The number of hydrogen-bond acceptors (Lipinski definition) is 4. The molecule has 0 aliphatic carbocycles. The molecule has 0 bridgehead atoms. The fourth-order valence-corrected chi connectivity index (χ4v) is 2.21. The first-order valence-electron chi connectivity index (χ1n) is 5.68. The number of carboxylic acids is 1. The van der Waals surface area contributed by atoms with Crippen molar-refractivity contribution in [1.29, 1.82) is 0 Å². The number of nitrogens with zero attached hydrogens (tertiary/aromatic N) is 1. The van der Waals surface area contributed by atoms with E-state index >= 15 is 0 Å². The molecule has 2 aromatic rings. The van der Waals surface area contributed by atoms with Gasteiger partial charge in [-0.2, -0.15) is 0 Å². The number of ether oxygens (including phenoxy) is 1. The van der Waals surface area contributed by atoms with E-state index in [9.17, 15) is 4.79 Å². The van der Waals surface area contributed by atoms with Gasteiger partial charge in [0.15, 0.2) is 0 Å². The molecule has 0 saturated carbocycles. The summed E-state index contributed by atoms with van der Waals surface area (Å²) in [5.41, 5.74) is 0.792. The maximum atomic E-state index is 10.4. The Morgan fingerprint density at radius 2 is 2.37 bits per heavy atom. The quantitative estimate of drug-likeness (QED) is 0.852. The molecule has 1 heterocycles. The first-order chi connectivity index (χ1) is 9.13. The number of benzene rings is 1. The molecule has 0 aliphatic heterocycles. The van der Waals surface area contributed by atoms with E-state index in [2.05, 4.69) is 4.98 Å². The SMILES string of the molecule is Cc1ncc(COc2cccc(/C=C/C(=O)O)c2)s1. The third-order valence-corrected chi connectivity index (χ3v) is 3.21. The van der Waals surface area contributed by atoms with Gasteiger partial charge < -0.3 is 9.84 Å². The molecule has 5 heteroatoms. The van der Waals surface area contributed by atoms with Crippen molar-refractivity contribution in [3.05, 3.63) is 52.0 Å². The molecule has 1 aromatic carbocycles. The zero-order valence-electron chi connectivity index (χ0n) is 10.4. The maximum Gasteiger partial charge on any atom is 0.328 e. The minimum Gasteiger partial charge on any atom is -0.488 e. The van der Waals surface area contributed by atoms with Gasteiger partial charge in [-0.3, -0.25) is 0 Å². The Kier molecular flexibility index (Phi) is 4.30. The van der Waals surface area contributed by atoms with Crippen LogP contribution >= 0.6 is 11.3 Å². The van der Waals surface area contributed by atoms with Gasteiger partial charge in [0.1, 0.15) is 12.4 Å².